The Morgan fingerprint density at radius 1 is 1.27 bits per heavy atom. The number of ether oxygens (including phenoxy) is 1. The molecule has 5 heteroatoms. The maximum atomic E-state index is 11.9. The first-order valence-electron chi connectivity index (χ1n) is 4.55. The predicted molar refractivity (Wildman–Crippen MR) is 61.1 cm³/mol. The SMILES string of the molecule is C[Si](C)(C)c1ccc(OC(F)F)cc1Cl. The lowest BCUT2D eigenvalue weighted by molar-refractivity contribution is -0.0498. The Bertz CT molecular complexity index is 350. The van der Waals surface area contributed by atoms with E-state index in [0.29, 0.717) is 5.02 Å². The molecular formula is C10H13ClF2OSi. The van der Waals surface area contributed by atoms with Crippen LogP contribution in [0.15, 0.2) is 18.2 Å². The van der Waals surface area contributed by atoms with E-state index in [4.69, 9.17) is 11.6 Å². The standard InChI is InChI=1S/C10H13ClF2OSi/c1-15(2,3)9-5-4-7(6-8(9)11)14-10(12)13/h4-6,10H,1-3H3. The first-order chi connectivity index (χ1) is 6.80. The lowest BCUT2D eigenvalue weighted by Gasteiger charge is -2.18. The van der Waals surface area contributed by atoms with E-state index in [9.17, 15) is 8.78 Å². The van der Waals surface area contributed by atoms with Crippen LogP contribution >= 0.6 is 11.6 Å². The number of alkyl halides is 2. The molecule has 0 atom stereocenters. The Morgan fingerprint density at radius 3 is 2.27 bits per heavy atom. The minimum absolute atomic E-state index is 0.108. The van der Waals surface area contributed by atoms with Crippen molar-refractivity contribution >= 4 is 24.9 Å². The molecule has 0 heterocycles. The molecule has 1 rings (SSSR count). The van der Waals surface area contributed by atoms with E-state index in [1.165, 1.54) is 12.1 Å². The van der Waals surface area contributed by atoms with Crippen molar-refractivity contribution in [2.24, 2.45) is 0 Å². The van der Waals surface area contributed by atoms with E-state index in [1.807, 2.05) is 0 Å². The van der Waals surface area contributed by atoms with Crippen LogP contribution < -0.4 is 9.92 Å². The van der Waals surface area contributed by atoms with Gasteiger partial charge in [0, 0.05) is 5.02 Å². The van der Waals surface area contributed by atoms with E-state index in [2.05, 4.69) is 24.4 Å². The molecule has 0 aliphatic heterocycles. The second-order valence-corrected chi connectivity index (χ2v) is 9.72. The lowest BCUT2D eigenvalue weighted by atomic mass is 10.3. The monoisotopic (exact) mass is 250 g/mol. The zero-order valence-electron chi connectivity index (χ0n) is 8.85. The topological polar surface area (TPSA) is 9.23 Å². The molecule has 0 spiro atoms. The third-order valence-electron chi connectivity index (χ3n) is 1.97. The molecule has 15 heavy (non-hydrogen) atoms. The molecule has 0 aromatic heterocycles. The van der Waals surface area contributed by atoms with Crippen LogP contribution in [0.5, 0.6) is 5.75 Å². The largest absolute Gasteiger partial charge is 0.435 e. The van der Waals surface area contributed by atoms with Crippen molar-refractivity contribution in [2.75, 3.05) is 0 Å². The van der Waals surface area contributed by atoms with Gasteiger partial charge in [-0.3, -0.25) is 0 Å². The molecule has 0 saturated carbocycles. The summed E-state index contributed by atoms with van der Waals surface area (Å²) in [6.07, 6.45) is 0. The highest BCUT2D eigenvalue weighted by Gasteiger charge is 2.20. The Balaban J connectivity index is 2.99. The van der Waals surface area contributed by atoms with Gasteiger partial charge in [-0.05, 0) is 17.3 Å². The predicted octanol–water partition coefficient (Wildman–Crippen LogP) is 3.49. The van der Waals surface area contributed by atoms with Gasteiger partial charge in [-0.25, -0.2) is 0 Å². The lowest BCUT2D eigenvalue weighted by Crippen LogP contribution is -2.38. The molecule has 0 saturated heterocycles. The van der Waals surface area contributed by atoms with Crippen LogP contribution in [0.1, 0.15) is 0 Å². The molecule has 1 nitrogen and oxygen atoms in total. The first kappa shape index (κ1) is 12.5. The molecule has 0 aliphatic rings. The van der Waals surface area contributed by atoms with Gasteiger partial charge in [-0.1, -0.05) is 37.3 Å². The van der Waals surface area contributed by atoms with E-state index < -0.39 is 14.7 Å². The summed E-state index contributed by atoms with van der Waals surface area (Å²) < 4.78 is 28.1. The summed E-state index contributed by atoms with van der Waals surface area (Å²) in [6, 6.07) is 4.75. The fraction of sp³-hybridized carbons (Fsp3) is 0.400. The summed E-state index contributed by atoms with van der Waals surface area (Å²) in [6.45, 7) is 3.62. The van der Waals surface area contributed by atoms with Crippen LogP contribution in [0.3, 0.4) is 0 Å². The van der Waals surface area contributed by atoms with Crippen LogP contribution in [0, 0.1) is 0 Å². The zero-order chi connectivity index (χ0) is 11.6. The van der Waals surface area contributed by atoms with Crippen molar-refractivity contribution in [3.63, 3.8) is 0 Å². The van der Waals surface area contributed by atoms with E-state index >= 15 is 0 Å². The van der Waals surface area contributed by atoms with Crippen molar-refractivity contribution in [3.05, 3.63) is 23.2 Å². The van der Waals surface area contributed by atoms with Gasteiger partial charge in [0.1, 0.15) is 5.75 Å². The number of benzene rings is 1. The molecule has 1 aromatic rings. The fourth-order valence-corrected chi connectivity index (χ4v) is 3.67. The third kappa shape index (κ3) is 3.46. The summed E-state index contributed by atoms with van der Waals surface area (Å²) in [5.41, 5.74) is 0. The van der Waals surface area contributed by atoms with Crippen LogP contribution in [0.4, 0.5) is 8.78 Å². The number of rotatable bonds is 3. The van der Waals surface area contributed by atoms with E-state index in [1.54, 1.807) is 6.07 Å². The molecule has 0 unspecified atom stereocenters. The summed E-state index contributed by atoms with van der Waals surface area (Å²) in [5.74, 6) is 0.108. The summed E-state index contributed by atoms with van der Waals surface area (Å²) >= 11 is 6.01. The quantitative estimate of drug-likeness (QED) is 0.747. The van der Waals surface area contributed by atoms with Crippen molar-refractivity contribution < 1.29 is 13.5 Å². The van der Waals surface area contributed by atoms with Gasteiger partial charge in [0.25, 0.3) is 0 Å². The molecule has 0 aliphatic carbocycles. The minimum atomic E-state index is -2.81. The van der Waals surface area contributed by atoms with Gasteiger partial charge in [0.2, 0.25) is 0 Å². The molecule has 0 fully saturated rings. The Kier molecular flexibility index (Phi) is 3.73. The normalized spacial score (nSPS) is 11.9. The Hall–Kier alpha value is -0.613. The first-order valence-corrected chi connectivity index (χ1v) is 8.43. The Morgan fingerprint density at radius 2 is 1.87 bits per heavy atom. The second-order valence-electron chi connectivity index (χ2n) is 4.27. The molecule has 0 N–H and O–H groups in total. The average Bonchev–Trinajstić information content (AvgIpc) is 1.99. The smallest absolute Gasteiger partial charge is 0.387 e. The van der Waals surface area contributed by atoms with Crippen LogP contribution in [0.25, 0.3) is 0 Å². The van der Waals surface area contributed by atoms with E-state index in [-0.39, 0.29) is 5.75 Å². The van der Waals surface area contributed by atoms with Gasteiger partial charge in [0.05, 0.1) is 8.07 Å². The summed E-state index contributed by atoms with van der Waals surface area (Å²) in [4.78, 5) is 0. The molecular weight excluding hydrogens is 238 g/mol. The molecule has 0 amide bonds. The maximum Gasteiger partial charge on any atom is 0.387 e. The number of hydrogen-bond acceptors (Lipinski definition) is 1. The highest BCUT2D eigenvalue weighted by Crippen LogP contribution is 2.20. The third-order valence-corrected chi connectivity index (χ3v) is 4.50. The molecule has 1 aromatic carbocycles. The number of hydrogen-bond donors (Lipinski definition) is 0. The highest BCUT2D eigenvalue weighted by atomic mass is 35.5. The fourth-order valence-electron chi connectivity index (χ4n) is 1.28. The van der Waals surface area contributed by atoms with E-state index in [0.717, 1.165) is 5.19 Å². The van der Waals surface area contributed by atoms with Crippen LogP contribution in [-0.2, 0) is 0 Å². The van der Waals surface area contributed by atoms with Gasteiger partial charge >= 0.3 is 6.61 Å². The van der Waals surface area contributed by atoms with Crippen molar-refractivity contribution in [1.82, 2.24) is 0 Å². The van der Waals surface area contributed by atoms with Gasteiger partial charge in [0.15, 0.2) is 0 Å². The summed E-state index contributed by atoms with van der Waals surface area (Å²) in [7, 11) is -1.52. The maximum absolute atomic E-state index is 11.9. The van der Waals surface area contributed by atoms with Crippen molar-refractivity contribution in [2.45, 2.75) is 26.3 Å². The zero-order valence-corrected chi connectivity index (χ0v) is 10.6. The van der Waals surface area contributed by atoms with Crippen LogP contribution in [0.2, 0.25) is 24.7 Å². The van der Waals surface area contributed by atoms with Crippen LogP contribution in [-0.4, -0.2) is 14.7 Å². The number of halogens is 3. The summed E-state index contributed by atoms with van der Waals surface area (Å²) in [5, 5.41) is 1.55. The van der Waals surface area contributed by atoms with Gasteiger partial charge in [-0.2, -0.15) is 8.78 Å². The molecule has 84 valence electrons. The van der Waals surface area contributed by atoms with Gasteiger partial charge in [-0.15, -0.1) is 0 Å². The van der Waals surface area contributed by atoms with Crippen molar-refractivity contribution in [1.29, 1.82) is 0 Å². The molecule has 0 radical (unpaired) electrons. The molecule has 0 bridgehead atoms. The van der Waals surface area contributed by atoms with Crippen molar-refractivity contribution in [3.8, 4) is 5.75 Å². The Labute approximate surface area is 94.0 Å². The average molecular weight is 251 g/mol. The minimum Gasteiger partial charge on any atom is -0.435 e. The highest BCUT2D eigenvalue weighted by molar-refractivity contribution is 6.90. The second kappa shape index (κ2) is 4.49. The van der Waals surface area contributed by atoms with Gasteiger partial charge < -0.3 is 4.74 Å².